The first-order chi connectivity index (χ1) is 6.74. The Morgan fingerprint density at radius 2 is 2.14 bits per heavy atom. The maximum atomic E-state index is 11.3. The fourth-order valence-electron chi connectivity index (χ4n) is 1.91. The zero-order chi connectivity index (χ0) is 10.4. The predicted octanol–water partition coefficient (Wildman–Crippen LogP) is 1.85. The van der Waals surface area contributed by atoms with Crippen LogP contribution in [0.1, 0.15) is 45.4 Å². The van der Waals surface area contributed by atoms with Crippen LogP contribution in [0.2, 0.25) is 0 Å². The molecule has 1 aliphatic carbocycles. The Hall–Kier alpha value is -0.570. The van der Waals surface area contributed by atoms with E-state index in [1.807, 2.05) is 6.92 Å². The number of esters is 1. The molecule has 1 saturated carbocycles. The molecule has 0 spiro atoms. The zero-order valence-electron chi connectivity index (χ0n) is 9.00. The summed E-state index contributed by atoms with van der Waals surface area (Å²) in [5, 5.41) is 0. The lowest BCUT2D eigenvalue weighted by atomic mass is 10.1. The van der Waals surface area contributed by atoms with E-state index in [4.69, 9.17) is 10.5 Å². The molecule has 0 amide bonds. The lowest BCUT2D eigenvalue weighted by Crippen LogP contribution is -2.33. The fourth-order valence-corrected chi connectivity index (χ4v) is 1.91. The molecule has 0 saturated heterocycles. The van der Waals surface area contributed by atoms with E-state index in [0.29, 0.717) is 12.5 Å². The Labute approximate surface area is 86.0 Å². The Morgan fingerprint density at radius 1 is 1.50 bits per heavy atom. The van der Waals surface area contributed by atoms with Crippen molar-refractivity contribution in [3.8, 4) is 0 Å². The monoisotopic (exact) mass is 199 g/mol. The molecule has 0 aromatic carbocycles. The molecule has 14 heavy (non-hydrogen) atoms. The molecule has 0 aliphatic heterocycles. The predicted molar refractivity (Wildman–Crippen MR) is 55.8 cm³/mol. The minimum atomic E-state index is -0.415. The van der Waals surface area contributed by atoms with Gasteiger partial charge in [0, 0.05) is 0 Å². The second-order valence-electron chi connectivity index (χ2n) is 4.18. The molecule has 1 rings (SSSR count). The van der Waals surface area contributed by atoms with Gasteiger partial charge in [-0.1, -0.05) is 26.2 Å². The smallest absolute Gasteiger partial charge is 0.322 e. The van der Waals surface area contributed by atoms with Crippen molar-refractivity contribution in [3.63, 3.8) is 0 Å². The topological polar surface area (TPSA) is 52.3 Å². The van der Waals surface area contributed by atoms with E-state index in [1.165, 1.54) is 25.7 Å². The van der Waals surface area contributed by atoms with Gasteiger partial charge in [-0.2, -0.15) is 0 Å². The van der Waals surface area contributed by atoms with Gasteiger partial charge in [0.2, 0.25) is 0 Å². The van der Waals surface area contributed by atoms with E-state index in [-0.39, 0.29) is 5.97 Å². The number of hydrogen-bond donors (Lipinski definition) is 1. The SMILES string of the molecule is CCC[C@H](N)C(=O)OCC1CCCC1. The molecule has 1 atom stereocenters. The summed E-state index contributed by atoms with van der Waals surface area (Å²) in [6.07, 6.45) is 6.63. The highest BCUT2D eigenvalue weighted by Gasteiger charge is 2.19. The largest absolute Gasteiger partial charge is 0.464 e. The lowest BCUT2D eigenvalue weighted by Gasteiger charge is -2.13. The number of carbonyl (C=O) groups excluding carboxylic acids is 1. The van der Waals surface area contributed by atoms with Gasteiger partial charge >= 0.3 is 5.97 Å². The second kappa shape index (κ2) is 6.02. The molecule has 1 fully saturated rings. The summed E-state index contributed by atoms with van der Waals surface area (Å²) in [5.74, 6) is 0.367. The highest BCUT2D eigenvalue weighted by molar-refractivity contribution is 5.75. The van der Waals surface area contributed by atoms with Crippen LogP contribution < -0.4 is 5.73 Å². The third-order valence-electron chi connectivity index (χ3n) is 2.84. The summed E-state index contributed by atoms with van der Waals surface area (Å²) < 4.78 is 5.18. The summed E-state index contributed by atoms with van der Waals surface area (Å²) in [4.78, 5) is 11.3. The average Bonchev–Trinajstić information content (AvgIpc) is 2.67. The summed E-state index contributed by atoms with van der Waals surface area (Å²) >= 11 is 0. The summed E-state index contributed by atoms with van der Waals surface area (Å²) in [6, 6.07) is -0.415. The Bertz CT molecular complexity index is 176. The third-order valence-corrected chi connectivity index (χ3v) is 2.84. The Kier molecular flexibility index (Phi) is 4.94. The number of carbonyl (C=O) groups is 1. The highest BCUT2D eigenvalue weighted by Crippen LogP contribution is 2.24. The van der Waals surface area contributed by atoms with Crippen LogP contribution in [0.5, 0.6) is 0 Å². The average molecular weight is 199 g/mol. The number of nitrogens with two attached hydrogens (primary N) is 1. The molecule has 0 bridgehead atoms. The summed E-state index contributed by atoms with van der Waals surface area (Å²) in [7, 11) is 0. The van der Waals surface area contributed by atoms with E-state index in [1.54, 1.807) is 0 Å². The molecular weight excluding hydrogens is 178 g/mol. The third kappa shape index (κ3) is 3.66. The minimum absolute atomic E-state index is 0.223. The first-order valence-corrected chi connectivity index (χ1v) is 5.66. The quantitative estimate of drug-likeness (QED) is 0.687. The van der Waals surface area contributed by atoms with Crippen molar-refractivity contribution in [2.24, 2.45) is 11.7 Å². The first kappa shape index (κ1) is 11.5. The van der Waals surface area contributed by atoms with Crippen LogP contribution in [0, 0.1) is 5.92 Å². The van der Waals surface area contributed by atoms with Crippen molar-refractivity contribution in [3.05, 3.63) is 0 Å². The van der Waals surface area contributed by atoms with Gasteiger partial charge in [-0.05, 0) is 25.2 Å². The number of rotatable bonds is 5. The number of ether oxygens (including phenoxy) is 1. The van der Waals surface area contributed by atoms with Gasteiger partial charge in [-0.25, -0.2) is 0 Å². The normalized spacial score (nSPS) is 19.6. The van der Waals surface area contributed by atoms with Crippen LogP contribution in [0.15, 0.2) is 0 Å². The minimum Gasteiger partial charge on any atom is -0.464 e. The molecule has 3 heteroatoms. The molecule has 0 aromatic heterocycles. The van der Waals surface area contributed by atoms with Gasteiger partial charge in [0.1, 0.15) is 6.04 Å². The van der Waals surface area contributed by atoms with Crippen LogP contribution >= 0.6 is 0 Å². The highest BCUT2D eigenvalue weighted by atomic mass is 16.5. The summed E-state index contributed by atoms with van der Waals surface area (Å²) in [6.45, 7) is 2.60. The van der Waals surface area contributed by atoms with Gasteiger partial charge in [-0.15, -0.1) is 0 Å². The number of hydrogen-bond acceptors (Lipinski definition) is 3. The maximum Gasteiger partial charge on any atom is 0.322 e. The molecule has 1 aliphatic rings. The Balaban J connectivity index is 2.13. The van der Waals surface area contributed by atoms with Crippen molar-refractivity contribution in [1.29, 1.82) is 0 Å². The van der Waals surface area contributed by atoms with Gasteiger partial charge in [0.25, 0.3) is 0 Å². The molecule has 0 aromatic rings. The van der Waals surface area contributed by atoms with E-state index in [9.17, 15) is 4.79 Å². The Morgan fingerprint density at radius 3 is 2.71 bits per heavy atom. The van der Waals surface area contributed by atoms with Gasteiger partial charge in [0.15, 0.2) is 0 Å². The van der Waals surface area contributed by atoms with E-state index in [2.05, 4.69) is 0 Å². The second-order valence-corrected chi connectivity index (χ2v) is 4.18. The van der Waals surface area contributed by atoms with Crippen molar-refractivity contribution in [2.45, 2.75) is 51.5 Å². The molecule has 3 nitrogen and oxygen atoms in total. The lowest BCUT2D eigenvalue weighted by molar-refractivity contribution is -0.146. The van der Waals surface area contributed by atoms with Crippen molar-refractivity contribution < 1.29 is 9.53 Å². The van der Waals surface area contributed by atoms with E-state index >= 15 is 0 Å². The van der Waals surface area contributed by atoms with E-state index < -0.39 is 6.04 Å². The zero-order valence-corrected chi connectivity index (χ0v) is 9.00. The van der Waals surface area contributed by atoms with Crippen LogP contribution in [-0.4, -0.2) is 18.6 Å². The molecule has 0 unspecified atom stereocenters. The standard InChI is InChI=1S/C11H21NO2/c1-2-5-10(12)11(13)14-8-9-6-3-4-7-9/h9-10H,2-8,12H2,1H3/t10-/m0/s1. The molecule has 0 heterocycles. The van der Waals surface area contributed by atoms with Crippen LogP contribution in [0.3, 0.4) is 0 Å². The fraction of sp³-hybridized carbons (Fsp3) is 0.909. The summed E-state index contributed by atoms with van der Waals surface area (Å²) in [5.41, 5.74) is 5.64. The van der Waals surface area contributed by atoms with Crippen molar-refractivity contribution in [2.75, 3.05) is 6.61 Å². The van der Waals surface area contributed by atoms with Crippen LogP contribution in [-0.2, 0) is 9.53 Å². The van der Waals surface area contributed by atoms with Gasteiger partial charge in [-0.3, -0.25) is 4.79 Å². The molecule has 0 radical (unpaired) electrons. The molecule has 2 N–H and O–H groups in total. The first-order valence-electron chi connectivity index (χ1n) is 5.66. The molecular formula is C11H21NO2. The van der Waals surface area contributed by atoms with Crippen molar-refractivity contribution in [1.82, 2.24) is 0 Å². The van der Waals surface area contributed by atoms with E-state index in [0.717, 1.165) is 12.8 Å². The van der Waals surface area contributed by atoms with Crippen molar-refractivity contribution >= 4 is 5.97 Å². The van der Waals surface area contributed by atoms with Gasteiger partial charge < -0.3 is 10.5 Å². The van der Waals surface area contributed by atoms with Crippen LogP contribution in [0.4, 0.5) is 0 Å². The van der Waals surface area contributed by atoms with Gasteiger partial charge in [0.05, 0.1) is 6.61 Å². The molecule has 82 valence electrons. The van der Waals surface area contributed by atoms with Crippen LogP contribution in [0.25, 0.3) is 0 Å². The maximum absolute atomic E-state index is 11.3.